The molecule has 8 fully saturated rings. The third-order valence-electron chi connectivity index (χ3n) is 11.8. The van der Waals surface area contributed by atoms with Crippen LogP contribution in [-0.4, -0.2) is 23.9 Å². The molecule has 0 aromatic heterocycles. The maximum Gasteiger partial charge on any atom is 0.220 e. The van der Waals surface area contributed by atoms with Gasteiger partial charge in [0.2, 0.25) is 11.8 Å². The lowest BCUT2D eigenvalue weighted by Gasteiger charge is -2.59. The minimum absolute atomic E-state index is 0.200. The molecule has 0 aromatic carbocycles. The van der Waals surface area contributed by atoms with E-state index in [1.54, 1.807) is 0 Å². The molecule has 8 aliphatic carbocycles. The van der Waals surface area contributed by atoms with Crippen LogP contribution in [0.1, 0.15) is 117 Å². The molecule has 34 heavy (non-hydrogen) atoms. The number of rotatable bonds is 9. The van der Waals surface area contributed by atoms with Crippen molar-refractivity contribution in [2.45, 2.75) is 129 Å². The van der Waals surface area contributed by atoms with Crippen LogP contribution in [0.4, 0.5) is 0 Å². The van der Waals surface area contributed by atoms with Crippen LogP contribution in [0.15, 0.2) is 0 Å². The molecular weight excluding hydrogens is 420 g/mol. The van der Waals surface area contributed by atoms with E-state index in [0.29, 0.717) is 35.8 Å². The van der Waals surface area contributed by atoms with E-state index in [4.69, 9.17) is 0 Å². The molecule has 0 radical (unpaired) electrons. The fraction of sp³-hybridized carbons (Fsp3) is 0.933. The van der Waals surface area contributed by atoms with E-state index in [1.807, 2.05) is 0 Å². The van der Waals surface area contributed by atoms with Crippen LogP contribution in [0.5, 0.6) is 0 Å². The smallest absolute Gasteiger partial charge is 0.220 e. The fourth-order valence-corrected chi connectivity index (χ4v) is 10.9. The Labute approximate surface area is 207 Å². The zero-order valence-electron chi connectivity index (χ0n) is 21.7. The van der Waals surface area contributed by atoms with Gasteiger partial charge in [0.15, 0.2) is 0 Å². The van der Waals surface area contributed by atoms with Gasteiger partial charge in [-0.3, -0.25) is 9.59 Å². The number of amides is 2. The highest BCUT2D eigenvalue weighted by atomic mass is 16.2. The molecule has 2 unspecified atom stereocenters. The summed E-state index contributed by atoms with van der Waals surface area (Å²) in [6.07, 6.45) is 19.5. The number of carbonyl (C=O) groups is 2. The highest BCUT2D eigenvalue weighted by Gasteiger charge is 2.54. The van der Waals surface area contributed by atoms with Crippen molar-refractivity contribution < 1.29 is 9.59 Å². The molecule has 8 saturated carbocycles. The third kappa shape index (κ3) is 4.34. The normalized spacial score (nSPS) is 45.2. The van der Waals surface area contributed by atoms with Crippen LogP contribution in [0.3, 0.4) is 0 Å². The van der Waals surface area contributed by atoms with Gasteiger partial charge in [-0.2, -0.15) is 0 Å². The summed E-state index contributed by atoms with van der Waals surface area (Å²) in [7, 11) is 0. The molecule has 0 aliphatic heterocycles. The molecular formula is C30H48N2O2. The van der Waals surface area contributed by atoms with Crippen LogP contribution in [-0.2, 0) is 9.59 Å². The SMILES string of the molecule is CC(NC(=O)CCCCC(=O)NC(C)C12CC3CC(CC(C3)C1)C2)C12CC3CC(CC(C3)C1)C2. The Hall–Kier alpha value is -1.06. The van der Waals surface area contributed by atoms with Crippen LogP contribution in [0.25, 0.3) is 0 Å². The lowest BCUT2D eigenvalue weighted by molar-refractivity contribution is -0.127. The van der Waals surface area contributed by atoms with Gasteiger partial charge in [-0.1, -0.05) is 0 Å². The van der Waals surface area contributed by atoms with Gasteiger partial charge < -0.3 is 10.6 Å². The van der Waals surface area contributed by atoms with Gasteiger partial charge in [0, 0.05) is 24.9 Å². The molecule has 8 bridgehead atoms. The molecule has 0 saturated heterocycles. The average Bonchev–Trinajstić information content (AvgIpc) is 2.75. The molecule has 8 rings (SSSR count). The second-order valence-electron chi connectivity index (χ2n) is 14.3. The van der Waals surface area contributed by atoms with Crippen molar-refractivity contribution in [1.29, 1.82) is 0 Å². The van der Waals surface area contributed by atoms with Crippen molar-refractivity contribution in [3.05, 3.63) is 0 Å². The summed E-state index contributed by atoms with van der Waals surface area (Å²) in [5, 5.41) is 6.78. The molecule has 2 amide bonds. The molecule has 4 nitrogen and oxygen atoms in total. The van der Waals surface area contributed by atoms with Crippen molar-refractivity contribution in [3.8, 4) is 0 Å². The van der Waals surface area contributed by atoms with Crippen molar-refractivity contribution in [2.24, 2.45) is 46.3 Å². The Morgan fingerprint density at radius 2 is 0.853 bits per heavy atom. The van der Waals surface area contributed by atoms with Gasteiger partial charge in [-0.25, -0.2) is 0 Å². The van der Waals surface area contributed by atoms with E-state index in [2.05, 4.69) is 24.5 Å². The number of nitrogens with one attached hydrogen (secondary N) is 2. The minimum atomic E-state index is 0.200. The number of carbonyl (C=O) groups excluding carboxylic acids is 2. The number of hydrogen-bond donors (Lipinski definition) is 2. The van der Waals surface area contributed by atoms with E-state index in [0.717, 1.165) is 48.3 Å². The molecule has 190 valence electrons. The fourth-order valence-electron chi connectivity index (χ4n) is 10.9. The highest BCUT2D eigenvalue weighted by molar-refractivity contribution is 5.77. The summed E-state index contributed by atoms with van der Waals surface area (Å²) in [4.78, 5) is 25.4. The summed E-state index contributed by atoms with van der Waals surface area (Å²) >= 11 is 0. The van der Waals surface area contributed by atoms with Gasteiger partial charge in [-0.05, 0) is 150 Å². The second kappa shape index (κ2) is 8.80. The Balaban J connectivity index is 0.912. The van der Waals surface area contributed by atoms with Gasteiger partial charge in [-0.15, -0.1) is 0 Å². The Bertz CT molecular complexity index is 667. The zero-order chi connectivity index (χ0) is 23.5. The second-order valence-corrected chi connectivity index (χ2v) is 14.3. The van der Waals surface area contributed by atoms with Gasteiger partial charge >= 0.3 is 0 Å². The van der Waals surface area contributed by atoms with Crippen molar-refractivity contribution in [3.63, 3.8) is 0 Å². The lowest BCUT2D eigenvalue weighted by Crippen LogP contribution is -2.55. The summed E-state index contributed by atoms with van der Waals surface area (Å²) in [6.45, 7) is 4.54. The third-order valence-corrected chi connectivity index (χ3v) is 11.8. The van der Waals surface area contributed by atoms with Gasteiger partial charge in [0.25, 0.3) is 0 Å². The molecule has 8 aliphatic rings. The van der Waals surface area contributed by atoms with Crippen molar-refractivity contribution in [2.75, 3.05) is 0 Å². The largest absolute Gasteiger partial charge is 0.353 e. The summed E-state index contributed by atoms with van der Waals surface area (Å²) in [5.41, 5.74) is 0.745. The standard InChI is InChI=1S/C30H48N2O2/c1-19(29-13-21-7-22(14-29)9-23(8-21)15-29)31-27(33)5-3-4-6-28(34)32-20(2)30-16-24-10-25(17-30)12-26(11-24)18-30/h19-26H,3-18H2,1-2H3,(H,31,33)(H,32,34). The van der Waals surface area contributed by atoms with E-state index in [1.165, 1.54) is 77.0 Å². The molecule has 0 heterocycles. The first-order valence-electron chi connectivity index (χ1n) is 14.9. The first-order chi connectivity index (χ1) is 16.3. The van der Waals surface area contributed by atoms with Gasteiger partial charge in [0.05, 0.1) is 0 Å². The number of hydrogen-bond acceptors (Lipinski definition) is 2. The predicted molar refractivity (Wildman–Crippen MR) is 135 cm³/mol. The first kappa shape index (κ1) is 23.3. The minimum Gasteiger partial charge on any atom is -0.353 e. The highest BCUT2D eigenvalue weighted by Crippen LogP contribution is 2.62. The maximum absolute atomic E-state index is 12.7. The maximum atomic E-state index is 12.7. The van der Waals surface area contributed by atoms with Crippen LogP contribution >= 0.6 is 0 Å². The van der Waals surface area contributed by atoms with Crippen LogP contribution in [0.2, 0.25) is 0 Å². The van der Waals surface area contributed by atoms with Crippen molar-refractivity contribution in [1.82, 2.24) is 10.6 Å². The molecule has 2 atom stereocenters. The molecule has 0 spiro atoms. The van der Waals surface area contributed by atoms with Crippen LogP contribution < -0.4 is 10.6 Å². The lowest BCUT2D eigenvalue weighted by atomic mass is 9.48. The van der Waals surface area contributed by atoms with E-state index in [9.17, 15) is 9.59 Å². The summed E-state index contributed by atoms with van der Waals surface area (Å²) in [6, 6.07) is 0.607. The topological polar surface area (TPSA) is 58.2 Å². The van der Waals surface area contributed by atoms with Crippen LogP contribution in [0, 0.1) is 46.3 Å². The van der Waals surface area contributed by atoms with E-state index in [-0.39, 0.29) is 11.8 Å². The molecule has 2 N–H and O–H groups in total. The first-order valence-corrected chi connectivity index (χ1v) is 14.9. The monoisotopic (exact) mass is 468 g/mol. The molecule has 0 aromatic rings. The summed E-state index contributed by atoms with van der Waals surface area (Å²) in [5.74, 6) is 5.93. The Morgan fingerprint density at radius 1 is 0.588 bits per heavy atom. The van der Waals surface area contributed by atoms with Crippen molar-refractivity contribution >= 4 is 11.8 Å². The quantitative estimate of drug-likeness (QED) is 0.408. The van der Waals surface area contributed by atoms with E-state index >= 15 is 0 Å². The zero-order valence-corrected chi connectivity index (χ0v) is 21.7. The van der Waals surface area contributed by atoms with Gasteiger partial charge in [0.1, 0.15) is 0 Å². The Kier molecular flexibility index (Phi) is 6.04. The van der Waals surface area contributed by atoms with E-state index < -0.39 is 0 Å². The molecule has 4 heteroatoms. The number of unbranched alkanes of at least 4 members (excludes halogenated alkanes) is 1. The summed E-state index contributed by atoms with van der Waals surface area (Å²) < 4.78 is 0. The average molecular weight is 469 g/mol. The predicted octanol–water partition coefficient (Wildman–Crippen LogP) is 5.99. The Morgan fingerprint density at radius 3 is 1.12 bits per heavy atom.